The third kappa shape index (κ3) is 5.52. The Morgan fingerprint density at radius 2 is 1.85 bits per heavy atom. The summed E-state index contributed by atoms with van der Waals surface area (Å²) in [5.41, 5.74) is 1.33. The minimum atomic E-state index is -0.822. The Morgan fingerprint density at radius 3 is 2.41 bits per heavy atom. The van der Waals surface area contributed by atoms with Gasteiger partial charge in [0, 0.05) is 17.9 Å². The van der Waals surface area contributed by atoms with Gasteiger partial charge in [0.15, 0.2) is 17.3 Å². The number of ketones is 1. The number of halogens is 1. The zero-order chi connectivity index (χ0) is 20.0. The first kappa shape index (κ1) is 20.4. The van der Waals surface area contributed by atoms with Crippen molar-refractivity contribution < 1.29 is 28.9 Å². The Kier molecular flexibility index (Phi) is 6.90. The summed E-state index contributed by atoms with van der Waals surface area (Å²) in [5.74, 6) is -1.69. The summed E-state index contributed by atoms with van der Waals surface area (Å²) in [6, 6.07) is 10.1. The van der Waals surface area contributed by atoms with E-state index in [0.29, 0.717) is 23.2 Å². The molecule has 0 bridgehead atoms. The fourth-order valence-corrected chi connectivity index (χ4v) is 2.62. The number of ether oxygens (including phenoxy) is 1. The van der Waals surface area contributed by atoms with Gasteiger partial charge >= 0.3 is 6.09 Å². The second-order valence-electron chi connectivity index (χ2n) is 6.28. The number of benzene rings is 2. The van der Waals surface area contributed by atoms with Crippen molar-refractivity contribution >= 4 is 17.6 Å². The van der Waals surface area contributed by atoms with Crippen molar-refractivity contribution in [2.75, 3.05) is 11.9 Å². The molecular weight excluding hydrogens is 353 g/mol. The van der Waals surface area contributed by atoms with E-state index in [9.17, 15) is 24.2 Å². The molecular formula is C20H22FNO5. The van der Waals surface area contributed by atoms with Crippen molar-refractivity contribution in [2.45, 2.75) is 26.4 Å². The van der Waals surface area contributed by atoms with E-state index >= 15 is 0 Å². The molecule has 1 amide bonds. The maximum atomic E-state index is 13.7. The Morgan fingerprint density at radius 1 is 1.19 bits per heavy atom. The molecule has 0 aromatic heterocycles. The second-order valence-corrected chi connectivity index (χ2v) is 6.28. The van der Waals surface area contributed by atoms with Crippen LogP contribution < -0.4 is 5.32 Å². The zero-order valence-corrected chi connectivity index (χ0v) is 15.1. The highest BCUT2D eigenvalue weighted by Gasteiger charge is 2.24. The molecule has 0 aliphatic rings. The summed E-state index contributed by atoms with van der Waals surface area (Å²) in [6.45, 7) is 3.09. The topological polar surface area (TPSA) is 95.9 Å². The molecule has 0 aliphatic heterocycles. The second kappa shape index (κ2) is 9.14. The maximum absolute atomic E-state index is 13.7. The molecule has 0 unspecified atom stereocenters. The predicted octanol–water partition coefficient (Wildman–Crippen LogP) is 4.04. The van der Waals surface area contributed by atoms with Crippen LogP contribution in [-0.2, 0) is 4.74 Å². The van der Waals surface area contributed by atoms with E-state index in [0.717, 1.165) is 6.07 Å². The number of nitrogens with one attached hydrogen (secondary N) is 1. The Labute approximate surface area is 156 Å². The number of aliphatic hydroxyl groups excluding tert-OH is 1. The van der Waals surface area contributed by atoms with Gasteiger partial charge in [-0.2, -0.15) is 0 Å². The molecule has 2 aromatic rings. The summed E-state index contributed by atoms with van der Waals surface area (Å²) >= 11 is 0. The first-order valence-corrected chi connectivity index (χ1v) is 8.49. The number of aliphatic hydroxyl groups is 1. The molecule has 144 valence electrons. The Balaban J connectivity index is 2.14. The molecule has 2 atom stereocenters. The van der Waals surface area contributed by atoms with Gasteiger partial charge in [0.1, 0.15) is 6.10 Å². The molecule has 0 radical (unpaired) electrons. The average molecular weight is 375 g/mol. The van der Waals surface area contributed by atoms with E-state index in [1.165, 1.54) is 19.1 Å². The molecule has 0 saturated carbocycles. The van der Waals surface area contributed by atoms with Gasteiger partial charge in [0.25, 0.3) is 0 Å². The molecule has 2 rings (SSSR count). The number of phenols is 1. The van der Waals surface area contributed by atoms with Crippen molar-refractivity contribution in [2.24, 2.45) is 5.92 Å². The molecule has 0 spiro atoms. The molecule has 0 heterocycles. The number of Topliss-reactive ketones (excluding diaryl/α,β-unsaturated/α-hetero) is 1. The van der Waals surface area contributed by atoms with Gasteiger partial charge in [-0.15, -0.1) is 0 Å². The van der Waals surface area contributed by atoms with E-state index in [2.05, 4.69) is 5.32 Å². The van der Waals surface area contributed by atoms with Crippen LogP contribution in [-0.4, -0.2) is 28.7 Å². The molecule has 6 nitrogen and oxygen atoms in total. The minimum Gasteiger partial charge on any atom is -0.505 e. The summed E-state index contributed by atoms with van der Waals surface area (Å²) in [4.78, 5) is 23.6. The SMILES string of the molecule is CC(=O)c1ccc(NC(=O)O[C@H](c2ccc(O)c(F)c2)[C@@H](C)CCO)cc1. The molecule has 0 saturated heterocycles. The first-order chi connectivity index (χ1) is 12.8. The molecule has 0 fully saturated rings. The van der Waals surface area contributed by atoms with Gasteiger partial charge in [0.05, 0.1) is 0 Å². The van der Waals surface area contributed by atoms with E-state index in [-0.39, 0.29) is 18.3 Å². The average Bonchev–Trinajstić information content (AvgIpc) is 2.62. The lowest BCUT2D eigenvalue weighted by Crippen LogP contribution is -2.22. The van der Waals surface area contributed by atoms with Crippen LogP contribution in [0.1, 0.15) is 42.3 Å². The lowest BCUT2D eigenvalue weighted by Gasteiger charge is -2.24. The number of rotatable bonds is 7. The lowest BCUT2D eigenvalue weighted by molar-refractivity contribution is 0.0665. The van der Waals surface area contributed by atoms with Crippen LogP contribution in [0.4, 0.5) is 14.9 Å². The highest BCUT2D eigenvalue weighted by molar-refractivity contribution is 5.94. The summed E-state index contributed by atoms with van der Waals surface area (Å²) in [7, 11) is 0. The number of aromatic hydroxyl groups is 1. The molecule has 2 aromatic carbocycles. The van der Waals surface area contributed by atoms with Gasteiger partial charge in [-0.05, 0) is 61.2 Å². The normalized spacial score (nSPS) is 12.9. The largest absolute Gasteiger partial charge is 0.505 e. The fourth-order valence-electron chi connectivity index (χ4n) is 2.62. The van der Waals surface area contributed by atoms with E-state index in [1.807, 2.05) is 0 Å². The number of phenolic OH excluding ortho intramolecular Hbond substituents is 1. The summed E-state index contributed by atoms with van der Waals surface area (Å²) in [6.07, 6.45) is -1.23. The third-order valence-corrected chi connectivity index (χ3v) is 4.17. The number of carbonyl (C=O) groups excluding carboxylic acids is 2. The van der Waals surface area contributed by atoms with Crippen LogP contribution in [0.5, 0.6) is 5.75 Å². The van der Waals surface area contributed by atoms with Crippen molar-refractivity contribution in [3.63, 3.8) is 0 Å². The fraction of sp³-hybridized carbons (Fsp3) is 0.300. The highest BCUT2D eigenvalue weighted by atomic mass is 19.1. The molecule has 7 heteroatoms. The van der Waals surface area contributed by atoms with Crippen LogP contribution in [0.2, 0.25) is 0 Å². The smallest absolute Gasteiger partial charge is 0.412 e. The van der Waals surface area contributed by atoms with E-state index in [1.54, 1.807) is 31.2 Å². The van der Waals surface area contributed by atoms with Gasteiger partial charge in [0.2, 0.25) is 0 Å². The minimum absolute atomic E-state index is 0.0867. The Bertz CT molecular complexity index is 807. The number of hydrogen-bond acceptors (Lipinski definition) is 5. The summed E-state index contributed by atoms with van der Waals surface area (Å²) < 4.78 is 19.1. The monoisotopic (exact) mass is 375 g/mol. The van der Waals surface area contributed by atoms with Crippen molar-refractivity contribution in [1.82, 2.24) is 0 Å². The highest BCUT2D eigenvalue weighted by Crippen LogP contribution is 2.31. The van der Waals surface area contributed by atoms with Gasteiger partial charge < -0.3 is 14.9 Å². The summed E-state index contributed by atoms with van der Waals surface area (Å²) in [5, 5.41) is 21.1. The van der Waals surface area contributed by atoms with E-state index < -0.39 is 23.8 Å². The standard InChI is InChI=1S/C20H22FNO5/c1-12(9-10-23)19(15-5-8-18(25)17(21)11-15)27-20(26)22-16-6-3-14(4-7-16)13(2)24/h3-8,11-12,19,23,25H,9-10H2,1-2H3,(H,22,26)/t12-,19-/m0/s1. The van der Waals surface area contributed by atoms with E-state index in [4.69, 9.17) is 4.74 Å². The quantitative estimate of drug-likeness (QED) is 0.635. The van der Waals surface area contributed by atoms with Gasteiger partial charge in [-0.25, -0.2) is 9.18 Å². The third-order valence-electron chi connectivity index (χ3n) is 4.17. The van der Waals surface area contributed by atoms with Crippen molar-refractivity contribution in [3.8, 4) is 5.75 Å². The van der Waals surface area contributed by atoms with Crippen LogP contribution in [0.3, 0.4) is 0 Å². The number of amides is 1. The van der Waals surface area contributed by atoms with Crippen LogP contribution in [0, 0.1) is 11.7 Å². The van der Waals surface area contributed by atoms with Gasteiger partial charge in [-0.1, -0.05) is 13.0 Å². The van der Waals surface area contributed by atoms with Crippen LogP contribution in [0.25, 0.3) is 0 Å². The first-order valence-electron chi connectivity index (χ1n) is 8.49. The number of hydrogen-bond donors (Lipinski definition) is 3. The molecule has 3 N–H and O–H groups in total. The molecule has 0 aliphatic carbocycles. The maximum Gasteiger partial charge on any atom is 0.412 e. The lowest BCUT2D eigenvalue weighted by atomic mass is 9.94. The van der Waals surface area contributed by atoms with Crippen LogP contribution in [0.15, 0.2) is 42.5 Å². The zero-order valence-electron chi connectivity index (χ0n) is 15.1. The van der Waals surface area contributed by atoms with Crippen molar-refractivity contribution in [1.29, 1.82) is 0 Å². The van der Waals surface area contributed by atoms with Crippen LogP contribution >= 0.6 is 0 Å². The van der Waals surface area contributed by atoms with Crippen molar-refractivity contribution in [3.05, 3.63) is 59.4 Å². The number of carbonyl (C=O) groups is 2. The molecule has 27 heavy (non-hydrogen) atoms. The number of anilines is 1. The van der Waals surface area contributed by atoms with Gasteiger partial charge in [-0.3, -0.25) is 10.1 Å². The predicted molar refractivity (Wildman–Crippen MR) is 98.2 cm³/mol. The Hall–Kier alpha value is -2.93.